The summed E-state index contributed by atoms with van der Waals surface area (Å²) in [5.41, 5.74) is 1.17. The summed E-state index contributed by atoms with van der Waals surface area (Å²) in [5.74, 6) is -1.01. The van der Waals surface area contributed by atoms with Crippen molar-refractivity contribution in [2.45, 2.75) is 6.54 Å². The largest absolute Gasteiger partial charge is 0.350 e. The van der Waals surface area contributed by atoms with Gasteiger partial charge in [0.15, 0.2) is 0 Å². The summed E-state index contributed by atoms with van der Waals surface area (Å²) >= 11 is 0. The molecule has 5 nitrogen and oxygen atoms in total. The lowest BCUT2D eigenvalue weighted by Crippen LogP contribution is -2.36. The number of nitrogens with zero attached hydrogens (tertiary/aromatic N) is 1. The first-order chi connectivity index (χ1) is 10.1. The Hall–Kier alpha value is -2.76. The normalized spacial score (nSPS) is 9.95. The number of hydrogen-bond acceptors (Lipinski definition) is 3. The van der Waals surface area contributed by atoms with Gasteiger partial charge < -0.3 is 10.6 Å². The van der Waals surface area contributed by atoms with Gasteiger partial charge in [0, 0.05) is 18.9 Å². The van der Waals surface area contributed by atoms with Gasteiger partial charge in [-0.1, -0.05) is 12.1 Å². The molecule has 0 fully saturated rings. The summed E-state index contributed by atoms with van der Waals surface area (Å²) in [7, 11) is 0. The Labute approximate surface area is 121 Å². The molecule has 21 heavy (non-hydrogen) atoms. The number of pyridine rings is 1. The van der Waals surface area contributed by atoms with Crippen LogP contribution in [-0.4, -0.2) is 23.3 Å². The van der Waals surface area contributed by atoms with Crippen molar-refractivity contribution in [2.24, 2.45) is 0 Å². The fourth-order valence-electron chi connectivity index (χ4n) is 1.63. The highest BCUT2D eigenvalue weighted by Crippen LogP contribution is 2.01. The molecule has 2 N–H and O–H groups in total. The summed E-state index contributed by atoms with van der Waals surface area (Å²) in [6.07, 6.45) is 2.98. The minimum atomic E-state index is -0.361. The van der Waals surface area contributed by atoms with E-state index in [0.29, 0.717) is 5.56 Å². The third-order valence-corrected chi connectivity index (χ3v) is 2.74. The van der Waals surface area contributed by atoms with E-state index in [4.69, 9.17) is 0 Å². The molecule has 0 saturated heterocycles. The van der Waals surface area contributed by atoms with Crippen molar-refractivity contribution in [3.63, 3.8) is 0 Å². The number of carbonyl (C=O) groups excluding carboxylic acids is 2. The summed E-state index contributed by atoms with van der Waals surface area (Å²) in [5, 5.41) is 5.13. The van der Waals surface area contributed by atoms with Crippen LogP contribution in [0.4, 0.5) is 4.39 Å². The Morgan fingerprint density at radius 1 is 1.10 bits per heavy atom. The molecule has 2 rings (SSSR count). The van der Waals surface area contributed by atoms with Gasteiger partial charge in [-0.15, -0.1) is 0 Å². The Balaban J connectivity index is 1.75. The summed E-state index contributed by atoms with van der Waals surface area (Å²) in [6, 6.07) is 9.08. The Morgan fingerprint density at radius 3 is 2.52 bits per heavy atom. The van der Waals surface area contributed by atoms with Crippen molar-refractivity contribution in [3.8, 4) is 0 Å². The Morgan fingerprint density at radius 2 is 1.86 bits per heavy atom. The van der Waals surface area contributed by atoms with Crippen LogP contribution in [0.2, 0.25) is 0 Å². The van der Waals surface area contributed by atoms with Crippen LogP contribution >= 0.6 is 0 Å². The van der Waals surface area contributed by atoms with E-state index in [9.17, 15) is 14.0 Å². The van der Waals surface area contributed by atoms with Gasteiger partial charge in [0.05, 0.1) is 12.1 Å². The summed E-state index contributed by atoms with van der Waals surface area (Å²) in [6.45, 7) is 0.150. The second-order valence-corrected chi connectivity index (χ2v) is 4.33. The Bertz CT molecular complexity index is 615. The number of carbonyl (C=O) groups is 2. The number of rotatable bonds is 5. The lowest BCUT2D eigenvalue weighted by atomic mass is 10.2. The van der Waals surface area contributed by atoms with Gasteiger partial charge in [-0.05, 0) is 29.8 Å². The smallest absolute Gasteiger partial charge is 0.253 e. The van der Waals surface area contributed by atoms with Gasteiger partial charge in [-0.25, -0.2) is 4.39 Å². The van der Waals surface area contributed by atoms with E-state index in [1.165, 1.54) is 18.3 Å². The molecule has 2 amide bonds. The van der Waals surface area contributed by atoms with Crippen molar-refractivity contribution in [3.05, 3.63) is 65.7 Å². The molecule has 0 aliphatic heterocycles. The SMILES string of the molecule is O=C(CNC(=O)c1cccnc1)NCc1ccc(F)cc1. The number of benzene rings is 1. The third-order valence-electron chi connectivity index (χ3n) is 2.74. The fraction of sp³-hybridized carbons (Fsp3) is 0.133. The van der Waals surface area contributed by atoms with E-state index in [0.717, 1.165) is 5.56 Å². The second kappa shape index (κ2) is 7.14. The van der Waals surface area contributed by atoms with Crippen molar-refractivity contribution in [1.29, 1.82) is 0 Å². The molecule has 0 bridgehead atoms. The molecule has 0 aliphatic carbocycles. The van der Waals surface area contributed by atoms with Crippen LogP contribution in [0.5, 0.6) is 0 Å². The topological polar surface area (TPSA) is 71.1 Å². The average molecular weight is 287 g/mol. The van der Waals surface area contributed by atoms with Gasteiger partial charge in [0.2, 0.25) is 5.91 Å². The zero-order valence-corrected chi connectivity index (χ0v) is 11.2. The van der Waals surface area contributed by atoms with Gasteiger partial charge in [0.25, 0.3) is 5.91 Å². The van der Waals surface area contributed by atoms with Crippen molar-refractivity contribution in [2.75, 3.05) is 6.54 Å². The number of aromatic nitrogens is 1. The predicted molar refractivity (Wildman–Crippen MR) is 74.8 cm³/mol. The molecule has 0 radical (unpaired) electrons. The molecule has 0 aliphatic rings. The maximum atomic E-state index is 12.7. The first kappa shape index (κ1) is 14.6. The quantitative estimate of drug-likeness (QED) is 0.870. The maximum absolute atomic E-state index is 12.7. The van der Waals surface area contributed by atoms with Crippen LogP contribution in [0, 0.1) is 5.82 Å². The highest BCUT2D eigenvalue weighted by Gasteiger charge is 2.07. The predicted octanol–water partition coefficient (Wildman–Crippen LogP) is 1.27. The maximum Gasteiger partial charge on any atom is 0.253 e. The fourth-order valence-corrected chi connectivity index (χ4v) is 1.63. The van der Waals surface area contributed by atoms with Crippen LogP contribution in [-0.2, 0) is 11.3 Å². The van der Waals surface area contributed by atoms with E-state index in [-0.39, 0.29) is 30.7 Å². The van der Waals surface area contributed by atoms with E-state index >= 15 is 0 Å². The Kier molecular flexibility index (Phi) is 4.98. The highest BCUT2D eigenvalue weighted by molar-refractivity contribution is 5.96. The summed E-state index contributed by atoms with van der Waals surface area (Å²) < 4.78 is 12.7. The molecule has 0 unspecified atom stereocenters. The number of amides is 2. The molecular weight excluding hydrogens is 273 g/mol. The molecule has 1 aromatic heterocycles. The van der Waals surface area contributed by atoms with E-state index in [2.05, 4.69) is 15.6 Å². The molecule has 0 spiro atoms. The van der Waals surface area contributed by atoms with E-state index in [1.54, 1.807) is 30.5 Å². The molecule has 108 valence electrons. The van der Waals surface area contributed by atoms with E-state index in [1.807, 2.05) is 0 Å². The standard InChI is InChI=1S/C15H14FN3O2/c16-13-5-3-11(4-6-13)8-18-14(20)10-19-15(21)12-2-1-7-17-9-12/h1-7,9H,8,10H2,(H,18,20)(H,19,21). The molecule has 1 heterocycles. The monoisotopic (exact) mass is 287 g/mol. The molecular formula is C15H14FN3O2. The number of hydrogen-bond donors (Lipinski definition) is 2. The molecule has 2 aromatic rings. The number of nitrogens with one attached hydrogen (secondary N) is 2. The average Bonchev–Trinajstić information content (AvgIpc) is 2.53. The molecule has 1 aromatic carbocycles. The van der Waals surface area contributed by atoms with Gasteiger partial charge >= 0.3 is 0 Å². The third kappa shape index (κ3) is 4.68. The van der Waals surface area contributed by atoms with Gasteiger partial charge in [-0.2, -0.15) is 0 Å². The van der Waals surface area contributed by atoms with Crippen LogP contribution in [0.1, 0.15) is 15.9 Å². The van der Waals surface area contributed by atoms with Crippen LogP contribution in [0.25, 0.3) is 0 Å². The zero-order valence-electron chi connectivity index (χ0n) is 11.2. The summed E-state index contributed by atoms with van der Waals surface area (Å²) in [4.78, 5) is 27.1. The molecule has 6 heteroatoms. The van der Waals surface area contributed by atoms with Crippen molar-refractivity contribution >= 4 is 11.8 Å². The second-order valence-electron chi connectivity index (χ2n) is 4.33. The highest BCUT2D eigenvalue weighted by atomic mass is 19.1. The first-order valence-electron chi connectivity index (χ1n) is 6.34. The minimum absolute atomic E-state index is 0.130. The molecule has 0 atom stereocenters. The van der Waals surface area contributed by atoms with Crippen molar-refractivity contribution < 1.29 is 14.0 Å². The van der Waals surface area contributed by atoms with E-state index < -0.39 is 0 Å². The lowest BCUT2D eigenvalue weighted by Gasteiger charge is -2.07. The van der Waals surface area contributed by atoms with Gasteiger partial charge in [0.1, 0.15) is 5.82 Å². The molecule has 0 saturated carbocycles. The number of halogens is 1. The zero-order chi connectivity index (χ0) is 15.1. The minimum Gasteiger partial charge on any atom is -0.350 e. The van der Waals surface area contributed by atoms with Gasteiger partial charge in [-0.3, -0.25) is 14.6 Å². The van der Waals surface area contributed by atoms with Crippen LogP contribution in [0.3, 0.4) is 0 Å². The van der Waals surface area contributed by atoms with Crippen molar-refractivity contribution in [1.82, 2.24) is 15.6 Å². The van der Waals surface area contributed by atoms with Crippen LogP contribution < -0.4 is 10.6 Å². The first-order valence-corrected chi connectivity index (χ1v) is 6.34. The van der Waals surface area contributed by atoms with Crippen LogP contribution in [0.15, 0.2) is 48.8 Å². The lowest BCUT2D eigenvalue weighted by molar-refractivity contribution is -0.120.